The van der Waals surface area contributed by atoms with Crippen LogP contribution in [0.4, 0.5) is 0 Å². The molecule has 4 aromatic carbocycles. The van der Waals surface area contributed by atoms with Crippen LogP contribution in [0.3, 0.4) is 0 Å². The summed E-state index contributed by atoms with van der Waals surface area (Å²) in [4.78, 5) is 237. The van der Waals surface area contributed by atoms with Gasteiger partial charge in [0.05, 0.1) is 19.1 Å². The molecule has 114 heavy (non-hydrogen) atoms. The molecule has 2 aliphatic heterocycles. The molecule has 39 heteroatoms. The number of benzene rings is 4. The number of amides is 16. The van der Waals surface area contributed by atoms with E-state index in [4.69, 9.17) is 39.1 Å². The number of aliphatic hydroxyl groups excluding tert-OH is 1. The van der Waals surface area contributed by atoms with Crippen molar-refractivity contribution in [1.29, 1.82) is 0 Å². The van der Waals surface area contributed by atoms with E-state index in [9.17, 15) is 67.7 Å². The second kappa shape index (κ2) is 44.4. The molecule has 2 heterocycles. The van der Waals surface area contributed by atoms with Crippen LogP contribution in [0.15, 0.2) is 91.0 Å². The molecule has 1 fully saturated rings. The topological polar surface area (TPSA) is 632 Å². The molecule has 16 amide bonds. The first-order valence-corrected chi connectivity index (χ1v) is 38.1. The fourth-order valence-corrected chi connectivity index (χ4v) is 13.6. The zero-order chi connectivity index (χ0) is 83.9. The highest BCUT2D eigenvalue weighted by Crippen LogP contribution is 2.27. The Morgan fingerprint density at radius 1 is 0.632 bits per heavy atom. The average molecular weight is 1610 g/mol. The van der Waals surface area contributed by atoms with Crippen LogP contribution in [0.5, 0.6) is 5.75 Å². The molecule has 1 saturated heterocycles. The highest BCUT2D eigenvalue weighted by atomic mass is 32.2. The van der Waals surface area contributed by atoms with Crippen molar-refractivity contribution >= 4 is 123 Å². The lowest BCUT2D eigenvalue weighted by molar-refractivity contribution is -0.148. The molecule has 6 rings (SSSR count). The Kier molecular flexibility index (Phi) is 35.5. The van der Waals surface area contributed by atoms with Crippen LogP contribution in [-0.2, 0) is 107 Å². The number of rotatable bonds is 37. The van der Waals surface area contributed by atoms with E-state index >= 15 is 24.0 Å². The molecule has 0 unspecified atom stereocenters. The fraction of sp³-hybridized carbons (Fsp3) is 0.480. The summed E-state index contributed by atoms with van der Waals surface area (Å²) in [5.74, 6) is -18.0. The summed E-state index contributed by atoms with van der Waals surface area (Å²) in [7, 11) is 0. The smallest absolute Gasteiger partial charge is 0.303 e. The molecule has 0 bridgehead atoms. The maximum Gasteiger partial charge on any atom is 0.303 e. The third kappa shape index (κ3) is 28.7. The summed E-state index contributed by atoms with van der Waals surface area (Å²) in [5, 5.41) is 50.3. The number of carboxylic acid groups (broad SMARTS) is 1. The predicted octanol–water partition coefficient (Wildman–Crippen LogP) is -5.31. The summed E-state index contributed by atoms with van der Waals surface area (Å²) in [6.07, 6.45) is -6.95. The molecule has 2 aliphatic rings. The number of aliphatic hydroxyl groups is 1. The van der Waals surface area contributed by atoms with Gasteiger partial charge in [-0.1, -0.05) is 78.9 Å². The molecule has 25 N–H and O–H groups in total. The van der Waals surface area contributed by atoms with Gasteiger partial charge in [0.2, 0.25) is 94.5 Å². The van der Waals surface area contributed by atoms with Crippen molar-refractivity contribution < 1.29 is 96.5 Å². The normalized spacial score (nSPS) is 19.5. The van der Waals surface area contributed by atoms with Crippen molar-refractivity contribution in [3.8, 4) is 5.75 Å². The zero-order valence-electron chi connectivity index (χ0n) is 63.4. The molecule has 4 aromatic rings. The van der Waals surface area contributed by atoms with E-state index in [1.807, 2.05) is 6.07 Å². The van der Waals surface area contributed by atoms with Gasteiger partial charge in [-0.3, -0.25) is 81.5 Å². The lowest BCUT2D eigenvalue weighted by Crippen LogP contribution is -2.64. The number of aliphatic carboxylic acids is 1. The average Bonchev–Trinajstić information content (AvgIpc) is 0.782. The third-order valence-electron chi connectivity index (χ3n) is 18.7. The lowest BCUT2D eigenvalue weighted by atomic mass is 9.91. The van der Waals surface area contributed by atoms with E-state index in [1.165, 1.54) is 13.8 Å². The quantitative estimate of drug-likeness (QED) is 0.0188. The number of nitrogens with two attached hydrogens (primary N) is 6. The number of primary amides is 4. The number of thioether (sulfide) groups is 1. The van der Waals surface area contributed by atoms with Gasteiger partial charge in [0.25, 0.3) is 0 Å². The number of carboxylic acids is 1. The summed E-state index contributed by atoms with van der Waals surface area (Å²) >= 11 is 0.925. The summed E-state index contributed by atoms with van der Waals surface area (Å²) in [5.41, 5.74) is 33.2. The molecule has 0 spiro atoms. The van der Waals surface area contributed by atoms with E-state index in [0.29, 0.717) is 33.4 Å². The van der Waals surface area contributed by atoms with Crippen molar-refractivity contribution in [3.05, 3.63) is 113 Å². The van der Waals surface area contributed by atoms with Crippen LogP contribution in [-0.4, -0.2) is 225 Å². The molecule has 0 radical (unpaired) electrons. The summed E-state index contributed by atoms with van der Waals surface area (Å²) in [6.45, 7) is 2.88. The Balaban J connectivity index is 1.46. The van der Waals surface area contributed by atoms with E-state index in [-0.39, 0.29) is 70.5 Å². The monoisotopic (exact) mass is 1610 g/mol. The number of hydrogen-bond donors (Lipinski definition) is 19. The van der Waals surface area contributed by atoms with Crippen LogP contribution in [0, 0.1) is 0 Å². The van der Waals surface area contributed by atoms with Gasteiger partial charge < -0.3 is 113 Å². The first kappa shape index (κ1) is 91.0. The number of carbonyl (C=O) groups is 17. The number of nitrogens with zero attached hydrogens (tertiary/aromatic N) is 1. The Bertz CT molecular complexity index is 4170. The van der Waals surface area contributed by atoms with Crippen molar-refractivity contribution in [1.82, 2.24) is 63.4 Å². The van der Waals surface area contributed by atoms with Crippen LogP contribution in [0.1, 0.15) is 114 Å². The summed E-state index contributed by atoms with van der Waals surface area (Å²) < 4.78 is 5.71. The second-order valence-electron chi connectivity index (χ2n) is 27.9. The Hall–Kier alpha value is -11.8. The number of carbonyl (C=O) groups excluding carboxylic acids is 16. The maximum atomic E-state index is 15.7. The second-order valence-corrected chi connectivity index (χ2v) is 29.1. The van der Waals surface area contributed by atoms with E-state index < -0.39 is 236 Å². The first-order valence-electron chi connectivity index (χ1n) is 37.0. The van der Waals surface area contributed by atoms with Crippen molar-refractivity contribution in [2.24, 2.45) is 34.4 Å². The van der Waals surface area contributed by atoms with Crippen LogP contribution in [0.2, 0.25) is 0 Å². The standard InChI is InChI=1S/C75H102N18O20S/c1-40(94)63-73(111)93-38-47-13-7-6-12-46(47)35-57(93)72(110)85-49(20-23-58(78)96)65(103)89-56(39-114-31-26-52(83-41(2)95)67(105)84-50(68(106)91-63)21-24-59(79)97)70(108)86-53(33-42-15-18-48(19-16-42)113-30-29-77)69(107)87-54(34-43-14-17-44-10-4-5-11-45(44)32-43)71(109)92-75(3,27-8-9-28-76)74(112)90-51(22-25-62(100)101)66(104)88-55(36-60(80)98)64(102)82-37-61(81)99/h4-7,10-19,32,40,49-57,63,94H,8-9,20-31,33-39,76-77H2,1-3H3,(H2,78,96)(H2,79,97)(H2,80,98)(H2,81,99)(H,82,102)(H,83,95)(H,84,105)(H,85,110)(H,86,108)(H,87,107)(H,88,104)(H,89,103)(H,90,112)(H,91,106)(H,92,109)(H,100,101)/t40-,49+,50+,51+,52+,53+,54+,55+,56+,57+,63+,75+/m1/s1. The summed E-state index contributed by atoms with van der Waals surface area (Å²) in [6, 6.07) is 8.27. The SMILES string of the molecule is CC(=O)N[C@H]1CCSC[C@@H](C(=O)N[C@@H](Cc2ccc(OCCN)cc2)C(=O)N[C@@H](Cc2ccc3ccccc3c2)C(=O)N[C@@](C)(CCCCN)C(=O)N[C@@H](CCC(=O)O)C(=O)N[C@@H](CC(N)=O)C(=O)NCC(N)=O)NC(=O)[C@H](CCC(N)=O)NC(=O)[C@@H]2Cc3ccccc3CN2C(=O)[C@H]([C@@H](C)O)NC(=O)[C@H](CCC(N)=O)NC1=O. The number of fused-ring (bicyclic) bond motifs is 3. The Labute approximate surface area is 660 Å². The molecular weight excluding hydrogens is 1500 g/mol. The van der Waals surface area contributed by atoms with Crippen molar-refractivity contribution in [2.75, 3.05) is 37.7 Å². The van der Waals surface area contributed by atoms with Gasteiger partial charge in [-0.25, -0.2) is 0 Å². The highest BCUT2D eigenvalue weighted by molar-refractivity contribution is 7.99. The van der Waals surface area contributed by atoms with Crippen molar-refractivity contribution in [2.45, 2.75) is 189 Å². The van der Waals surface area contributed by atoms with Crippen molar-refractivity contribution in [3.63, 3.8) is 0 Å². The lowest BCUT2D eigenvalue weighted by Gasteiger charge is -2.39. The van der Waals surface area contributed by atoms with Crippen LogP contribution in [0.25, 0.3) is 10.8 Å². The van der Waals surface area contributed by atoms with Crippen LogP contribution >= 0.6 is 11.8 Å². The molecule has 0 aliphatic carbocycles. The van der Waals surface area contributed by atoms with E-state index in [1.54, 1.807) is 84.9 Å². The largest absolute Gasteiger partial charge is 0.492 e. The number of unbranched alkanes of at least 4 members (excludes halogenated alkanes) is 1. The van der Waals surface area contributed by atoms with Gasteiger partial charge in [-0.05, 0) is 116 Å². The van der Waals surface area contributed by atoms with Gasteiger partial charge in [0, 0.05) is 64.3 Å². The maximum absolute atomic E-state index is 15.7. The molecule has 0 saturated carbocycles. The third-order valence-corrected chi connectivity index (χ3v) is 19.8. The fourth-order valence-electron chi connectivity index (χ4n) is 12.6. The van der Waals surface area contributed by atoms with Gasteiger partial charge >= 0.3 is 5.97 Å². The molecule has 618 valence electrons. The van der Waals surface area contributed by atoms with E-state index in [0.717, 1.165) is 29.0 Å². The number of nitrogens with one attached hydrogen (secondary N) is 11. The number of ether oxygens (including phenoxy) is 1. The van der Waals surface area contributed by atoms with Gasteiger partial charge in [-0.2, -0.15) is 11.8 Å². The molecule has 0 aromatic heterocycles. The first-order chi connectivity index (χ1) is 54.1. The highest BCUT2D eigenvalue weighted by Gasteiger charge is 2.44. The predicted molar refractivity (Wildman–Crippen MR) is 413 cm³/mol. The Morgan fingerprint density at radius 2 is 1.23 bits per heavy atom. The zero-order valence-corrected chi connectivity index (χ0v) is 64.2. The molecule has 38 nitrogen and oxygen atoms in total. The number of hydrogen-bond acceptors (Lipinski definition) is 22. The molecule has 12 atom stereocenters. The van der Waals surface area contributed by atoms with Gasteiger partial charge in [0.1, 0.15) is 78.3 Å². The van der Waals surface area contributed by atoms with E-state index in [2.05, 4.69) is 58.5 Å². The van der Waals surface area contributed by atoms with Gasteiger partial charge in [-0.15, -0.1) is 0 Å². The Morgan fingerprint density at radius 3 is 1.84 bits per heavy atom. The molecular formula is C75H102N18O20S. The minimum Gasteiger partial charge on any atom is -0.492 e. The minimum absolute atomic E-state index is 0.0916. The van der Waals surface area contributed by atoms with Gasteiger partial charge in [0.15, 0.2) is 0 Å². The minimum atomic E-state index is -2.09. The van der Waals surface area contributed by atoms with Crippen LogP contribution < -0.4 is 97.6 Å².